The number of ether oxygens (including phenoxy) is 1. The minimum atomic E-state index is 0. The highest BCUT2D eigenvalue weighted by Gasteiger charge is 2.24. The molecule has 2 rings (SSSR count). The third-order valence-corrected chi connectivity index (χ3v) is 4.05. The molecule has 1 aromatic rings. The zero-order chi connectivity index (χ0) is 15.1. The van der Waals surface area contributed by atoms with Crippen molar-refractivity contribution in [3.63, 3.8) is 0 Å². The average molecular weight is 327 g/mol. The van der Waals surface area contributed by atoms with Gasteiger partial charge >= 0.3 is 0 Å². The Morgan fingerprint density at radius 1 is 1.41 bits per heavy atom. The second-order valence-corrected chi connectivity index (χ2v) is 5.67. The monoisotopic (exact) mass is 326 g/mol. The average Bonchev–Trinajstić information content (AvgIpc) is 2.53. The van der Waals surface area contributed by atoms with E-state index in [1.54, 1.807) is 0 Å². The summed E-state index contributed by atoms with van der Waals surface area (Å²) in [5.41, 5.74) is 1.17. The van der Waals surface area contributed by atoms with Gasteiger partial charge in [-0.05, 0) is 18.9 Å². The topological polar surface area (TPSA) is 41.6 Å². The van der Waals surface area contributed by atoms with Crippen LogP contribution in [0.4, 0.5) is 0 Å². The quantitative estimate of drug-likeness (QED) is 0.873. The highest BCUT2D eigenvalue weighted by molar-refractivity contribution is 5.85. The van der Waals surface area contributed by atoms with Crippen LogP contribution in [0.1, 0.15) is 32.3 Å². The van der Waals surface area contributed by atoms with Gasteiger partial charge in [-0.1, -0.05) is 37.3 Å². The lowest BCUT2D eigenvalue weighted by Gasteiger charge is -2.31. The Morgan fingerprint density at radius 2 is 2.14 bits per heavy atom. The Kier molecular flexibility index (Phi) is 8.46. The third kappa shape index (κ3) is 5.59. The fourth-order valence-corrected chi connectivity index (χ4v) is 2.55. The van der Waals surface area contributed by atoms with Crippen LogP contribution in [0.2, 0.25) is 0 Å². The van der Waals surface area contributed by atoms with Gasteiger partial charge in [-0.3, -0.25) is 4.79 Å². The zero-order valence-electron chi connectivity index (χ0n) is 13.5. The second kappa shape index (κ2) is 9.82. The number of rotatable bonds is 6. The number of carbonyl (C=O) groups is 1. The molecule has 1 N–H and O–H groups in total. The minimum absolute atomic E-state index is 0. The fraction of sp³-hybridized carbons (Fsp3) is 0.588. The van der Waals surface area contributed by atoms with Crippen molar-refractivity contribution in [2.24, 2.45) is 0 Å². The fourth-order valence-electron chi connectivity index (χ4n) is 2.55. The van der Waals surface area contributed by atoms with Crippen molar-refractivity contribution in [2.45, 2.75) is 45.4 Å². The normalized spacial score (nSPS) is 19.1. The molecule has 0 radical (unpaired) electrons. The van der Waals surface area contributed by atoms with E-state index in [4.69, 9.17) is 4.74 Å². The number of hydrogen-bond donors (Lipinski definition) is 1. The Hall–Kier alpha value is -1.10. The van der Waals surface area contributed by atoms with E-state index >= 15 is 0 Å². The number of amides is 1. The van der Waals surface area contributed by atoms with E-state index in [1.807, 2.05) is 23.1 Å². The predicted molar refractivity (Wildman–Crippen MR) is 91.2 cm³/mol. The molecule has 124 valence electrons. The van der Waals surface area contributed by atoms with Crippen molar-refractivity contribution >= 4 is 18.3 Å². The van der Waals surface area contributed by atoms with Crippen LogP contribution in [0.15, 0.2) is 30.3 Å². The van der Waals surface area contributed by atoms with Gasteiger partial charge in [-0.2, -0.15) is 0 Å². The molecular weight excluding hydrogens is 300 g/mol. The maximum Gasteiger partial charge on any atom is 0.225 e. The van der Waals surface area contributed by atoms with Crippen molar-refractivity contribution in [3.05, 3.63) is 35.9 Å². The van der Waals surface area contributed by atoms with Crippen LogP contribution in [0.3, 0.4) is 0 Å². The molecule has 0 bridgehead atoms. The van der Waals surface area contributed by atoms with Crippen molar-refractivity contribution in [2.75, 3.05) is 19.7 Å². The molecule has 1 aliphatic rings. The van der Waals surface area contributed by atoms with Gasteiger partial charge in [0, 0.05) is 25.7 Å². The lowest BCUT2D eigenvalue weighted by molar-refractivity contribution is -0.137. The van der Waals surface area contributed by atoms with Gasteiger partial charge in [0.1, 0.15) is 0 Å². The summed E-state index contributed by atoms with van der Waals surface area (Å²) in [4.78, 5) is 14.6. The number of hydrogen-bond acceptors (Lipinski definition) is 3. The molecule has 2 unspecified atom stereocenters. The largest absolute Gasteiger partial charge is 0.375 e. The first-order valence-electron chi connectivity index (χ1n) is 7.86. The van der Waals surface area contributed by atoms with Gasteiger partial charge in [0.2, 0.25) is 5.91 Å². The standard InChI is InChI=1S/C17H26N2O2.ClH/c1-3-14(2)19(13-15-7-5-4-6-8-15)17(20)11-16-12-18-9-10-21-16;/h4-8,14,16,18H,3,9-13H2,1-2H3;1H. The summed E-state index contributed by atoms with van der Waals surface area (Å²) in [6.07, 6.45) is 1.43. The van der Waals surface area contributed by atoms with E-state index in [-0.39, 0.29) is 30.5 Å². The van der Waals surface area contributed by atoms with Crippen molar-refractivity contribution < 1.29 is 9.53 Å². The SMILES string of the molecule is CCC(C)N(Cc1ccccc1)C(=O)CC1CNCCO1.Cl. The molecule has 1 aromatic carbocycles. The lowest BCUT2D eigenvalue weighted by atomic mass is 10.1. The summed E-state index contributed by atoms with van der Waals surface area (Å²) in [5.74, 6) is 0.182. The Labute approximate surface area is 139 Å². The van der Waals surface area contributed by atoms with Crippen LogP contribution < -0.4 is 5.32 Å². The van der Waals surface area contributed by atoms with E-state index in [0.717, 1.165) is 19.5 Å². The van der Waals surface area contributed by atoms with Crippen molar-refractivity contribution in [1.82, 2.24) is 10.2 Å². The highest BCUT2D eigenvalue weighted by atomic mass is 35.5. The van der Waals surface area contributed by atoms with Crippen LogP contribution in [0, 0.1) is 0 Å². The molecule has 1 fully saturated rings. The first-order chi connectivity index (χ1) is 10.2. The van der Waals surface area contributed by atoms with Crippen LogP contribution in [-0.4, -0.2) is 42.6 Å². The molecule has 22 heavy (non-hydrogen) atoms. The van der Waals surface area contributed by atoms with Gasteiger partial charge in [0.15, 0.2) is 0 Å². The number of carbonyl (C=O) groups excluding carboxylic acids is 1. The molecule has 2 atom stereocenters. The van der Waals surface area contributed by atoms with Crippen LogP contribution >= 0.6 is 12.4 Å². The summed E-state index contributed by atoms with van der Waals surface area (Å²) in [6, 6.07) is 10.4. The van der Waals surface area contributed by atoms with Gasteiger partial charge in [-0.25, -0.2) is 0 Å². The first kappa shape index (κ1) is 18.9. The molecule has 1 saturated heterocycles. The zero-order valence-corrected chi connectivity index (χ0v) is 14.3. The molecule has 4 nitrogen and oxygen atoms in total. The molecule has 1 amide bonds. The van der Waals surface area contributed by atoms with Gasteiger partial charge in [0.25, 0.3) is 0 Å². The Balaban J connectivity index is 0.00000242. The van der Waals surface area contributed by atoms with E-state index in [0.29, 0.717) is 19.6 Å². The van der Waals surface area contributed by atoms with Crippen LogP contribution in [-0.2, 0) is 16.1 Å². The predicted octanol–water partition coefficient (Wildman–Crippen LogP) is 2.61. The number of halogens is 1. The molecule has 1 heterocycles. The molecule has 0 aromatic heterocycles. The smallest absolute Gasteiger partial charge is 0.225 e. The molecule has 5 heteroatoms. The summed E-state index contributed by atoms with van der Waals surface area (Å²) in [7, 11) is 0. The maximum atomic E-state index is 12.6. The second-order valence-electron chi connectivity index (χ2n) is 5.67. The number of morpholine rings is 1. The van der Waals surface area contributed by atoms with E-state index in [2.05, 4.69) is 31.3 Å². The van der Waals surface area contributed by atoms with E-state index in [1.165, 1.54) is 5.56 Å². The summed E-state index contributed by atoms with van der Waals surface area (Å²) in [5, 5.41) is 3.28. The van der Waals surface area contributed by atoms with E-state index < -0.39 is 0 Å². The minimum Gasteiger partial charge on any atom is -0.375 e. The first-order valence-corrected chi connectivity index (χ1v) is 7.86. The summed E-state index contributed by atoms with van der Waals surface area (Å²) < 4.78 is 5.65. The summed E-state index contributed by atoms with van der Waals surface area (Å²) >= 11 is 0. The Bertz CT molecular complexity index is 436. The molecule has 0 saturated carbocycles. The molecule has 0 aliphatic carbocycles. The molecule has 1 aliphatic heterocycles. The number of benzene rings is 1. The van der Waals surface area contributed by atoms with Crippen LogP contribution in [0.25, 0.3) is 0 Å². The molecular formula is C17H27ClN2O2. The van der Waals surface area contributed by atoms with Gasteiger partial charge in [0.05, 0.1) is 19.1 Å². The van der Waals surface area contributed by atoms with Crippen LogP contribution in [0.5, 0.6) is 0 Å². The number of nitrogens with one attached hydrogen (secondary N) is 1. The van der Waals surface area contributed by atoms with Gasteiger partial charge < -0.3 is 15.0 Å². The van der Waals surface area contributed by atoms with Crippen molar-refractivity contribution in [3.8, 4) is 0 Å². The maximum absolute atomic E-state index is 12.6. The third-order valence-electron chi connectivity index (χ3n) is 4.05. The number of nitrogens with zero attached hydrogens (tertiary/aromatic N) is 1. The van der Waals surface area contributed by atoms with E-state index in [9.17, 15) is 4.79 Å². The Morgan fingerprint density at radius 3 is 2.73 bits per heavy atom. The summed E-state index contributed by atoms with van der Waals surface area (Å²) in [6.45, 7) is 7.25. The van der Waals surface area contributed by atoms with Gasteiger partial charge in [-0.15, -0.1) is 12.4 Å². The highest BCUT2D eigenvalue weighted by Crippen LogP contribution is 2.14. The lowest BCUT2D eigenvalue weighted by Crippen LogP contribution is -2.44. The molecule has 0 spiro atoms. The van der Waals surface area contributed by atoms with Crippen molar-refractivity contribution in [1.29, 1.82) is 0 Å².